The molecule has 8 nitrogen and oxygen atoms in total. The summed E-state index contributed by atoms with van der Waals surface area (Å²) in [4.78, 5) is 18.7. The van der Waals surface area contributed by atoms with E-state index < -0.39 is 5.97 Å². The molecule has 1 atom stereocenters. The Morgan fingerprint density at radius 3 is 2.94 bits per heavy atom. The second-order valence-electron chi connectivity index (χ2n) is 8.74. The molecule has 0 radical (unpaired) electrons. The van der Waals surface area contributed by atoms with Gasteiger partial charge >= 0.3 is 5.97 Å². The van der Waals surface area contributed by atoms with Gasteiger partial charge in [0, 0.05) is 28.1 Å². The first kappa shape index (κ1) is 24.4. The molecular formula is C26H27FN4O4. The van der Waals surface area contributed by atoms with E-state index in [1.54, 1.807) is 18.2 Å². The zero-order chi connectivity index (χ0) is 24.8. The minimum Gasteiger partial charge on any atom is -0.490 e. The first-order chi connectivity index (χ1) is 17.0. The average molecular weight is 479 g/mol. The summed E-state index contributed by atoms with van der Waals surface area (Å²) in [5.41, 5.74) is 4.36. The average Bonchev–Trinajstić information content (AvgIpc) is 3.51. The van der Waals surface area contributed by atoms with Crippen molar-refractivity contribution in [3.8, 4) is 34.7 Å². The SMILES string of the molecule is CC(C)Oc1ccc(-c2nc(-c3cccc4c3CCC4NCCCCC(=O)OF)no2)cc1C#N. The van der Waals surface area contributed by atoms with Gasteiger partial charge in [-0.3, -0.25) is 4.94 Å². The first-order valence-electron chi connectivity index (χ1n) is 11.7. The van der Waals surface area contributed by atoms with Crippen LogP contribution < -0.4 is 10.1 Å². The van der Waals surface area contributed by atoms with Crippen molar-refractivity contribution in [2.75, 3.05) is 6.54 Å². The molecule has 35 heavy (non-hydrogen) atoms. The Balaban J connectivity index is 1.47. The third kappa shape index (κ3) is 5.66. The van der Waals surface area contributed by atoms with E-state index in [4.69, 9.17) is 9.26 Å². The zero-order valence-corrected chi connectivity index (χ0v) is 19.7. The molecule has 1 unspecified atom stereocenters. The number of nitrogens with one attached hydrogen (secondary N) is 1. The molecule has 0 spiro atoms. The number of benzene rings is 2. The molecule has 0 amide bonds. The number of aromatic nitrogens is 2. The molecule has 0 aliphatic heterocycles. The van der Waals surface area contributed by atoms with Crippen LogP contribution in [0, 0.1) is 11.3 Å². The monoisotopic (exact) mass is 478 g/mol. The molecule has 182 valence electrons. The Kier molecular flexibility index (Phi) is 7.73. The molecule has 3 aromatic rings. The van der Waals surface area contributed by atoms with E-state index in [0.717, 1.165) is 31.4 Å². The lowest BCUT2D eigenvalue weighted by Gasteiger charge is -2.14. The molecular weight excluding hydrogens is 451 g/mol. The molecule has 0 bridgehead atoms. The van der Waals surface area contributed by atoms with Gasteiger partial charge in [0.15, 0.2) is 0 Å². The number of rotatable bonds is 10. The lowest BCUT2D eigenvalue weighted by Crippen LogP contribution is -2.20. The van der Waals surface area contributed by atoms with Crippen LogP contribution in [-0.2, 0) is 16.2 Å². The fourth-order valence-corrected chi connectivity index (χ4v) is 4.34. The summed E-state index contributed by atoms with van der Waals surface area (Å²) in [5.74, 6) is 0.532. The Hall–Kier alpha value is -3.77. The number of carbonyl (C=O) groups excluding carboxylic acids is 1. The molecule has 4 rings (SSSR count). The van der Waals surface area contributed by atoms with Crippen LogP contribution >= 0.6 is 0 Å². The number of fused-ring (bicyclic) bond motifs is 1. The van der Waals surface area contributed by atoms with Gasteiger partial charge in [0.2, 0.25) is 5.82 Å². The number of hydrogen-bond acceptors (Lipinski definition) is 8. The molecule has 1 aliphatic rings. The van der Waals surface area contributed by atoms with E-state index in [0.29, 0.717) is 35.0 Å². The number of ether oxygens (including phenoxy) is 1. The topological polar surface area (TPSA) is 110 Å². The fourth-order valence-electron chi connectivity index (χ4n) is 4.34. The summed E-state index contributed by atoms with van der Waals surface area (Å²) in [6.45, 7) is 4.53. The van der Waals surface area contributed by atoms with E-state index in [-0.39, 0.29) is 18.6 Å². The van der Waals surface area contributed by atoms with E-state index >= 15 is 0 Å². The second kappa shape index (κ2) is 11.1. The maximum absolute atomic E-state index is 11.8. The van der Waals surface area contributed by atoms with E-state index in [1.807, 2.05) is 26.0 Å². The number of unbranched alkanes of at least 4 members (excludes halogenated alkanes) is 1. The minimum absolute atomic E-state index is 0.0402. The maximum atomic E-state index is 11.8. The smallest absolute Gasteiger partial charge is 0.348 e. The third-order valence-corrected chi connectivity index (χ3v) is 5.93. The zero-order valence-electron chi connectivity index (χ0n) is 19.7. The Bertz CT molecular complexity index is 1230. The summed E-state index contributed by atoms with van der Waals surface area (Å²) in [6, 6.07) is 13.7. The van der Waals surface area contributed by atoms with Gasteiger partial charge in [0.1, 0.15) is 11.8 Å². The largest absolute Gasteiger partial charge is 0.490 e. The molecule has 1 aliphatic carbocycles. The van der Waals surface area contributed by atoms with Crippen LogP contribution in [0.15, 0.2) is 40.9 Å². The van der Waals surface area contributed by atoms with Crippen molar-refractivity contribution in [3.63, 3.8) is 0 Å². The summed E-state index contributed by atoms with van der Waals surface area (Å²) in [6.07, 6.45) is 3.17. The predicted octanol–water partition coefficient (Wildman–Crippen LogP) is 5.24. The van der Waals surface area contributed by atoms with Crippen molar-refractivity contribution in [2.45, 2.75) is 58.1 Å². The highest BCUT2D eigenvalue weighted by molar-refractivity contribution is 5.68. The molecule has 9 heteroatoms. The van der Waals surface area contributed by atoms with Gasteiger partial charge in [-0.1, -0.05) is 23.4 Å². The van der Waals surface area contributed by atoms with Gasteiger partial charge in [0.05, 0.1) is 11.7 Å². The van der Waals surface area contributed by atoms with Crippen LogP contribution in [0.25, 0.3) is 22.8 Å². The van der Waals surface area contributed by atoms with Crippen molar-refractivity contribution in [3.05, 3.63) is 53.1 Å². The quantitative estimate of drug-likeness (QED) is 0.394. The Labute approximate surface area is 203 Å². The second-order valence-corrected chi connectivity index (χ2v) is 8.74. The van der Waals surface area contributed by atoms with Gasteiger partial charge in [-0.25, -0.2) is 4.79 Å². The van der Waals surface area contributed by atoms with Gasteiger partial charge in [-0.2, -0.15) is 10.2 Å². The van der Waals surface area contributed by atoms with Gasteiger partial charge in [-0.15, -0.1) is 0 Å². The molecule has 0 saturated heterocycles. The van der Waals surface area contributed by atoms with Crippen molar-refractivity contribution >= 4 is 5.97 Å². The number of nitrogens with zero attached hydrogens (tertiary/aromatic N) is 3. The fraction of sp³-hybridized carbons (Fsp3) is 0.385. The lowest BCUT2D eigenvalue weighted by molar-refractivity contribution is -0.183. The number of hydrogen-bond donors (Lipinski definition) is 1. The highest BCUT2D eigenvalue weighted by Crippen LogP contribution is 2.37. The molecule has 2 aromatic carbocycles. The summed E-state index contributed by atoms with van der Waals surface area (Å²) < 4.78 is 23.0. The molecule has 0 saturated carbocycles. The van der Waals surface area contributed by atoms with Crippen LogP contribution in [0.1, 0.15) is 62.3 Å². The number of carbonyl (C=O) groups is 1. The van der Waals surface area contributed by atoms with E-state index in [1.165, 1.54) is 11.1 Å². The molecule has 1 heterocycles. The van der Waals surface area contributed by atoms with Crippen LogP contribution in [0.3, 0.4) is 0 Å². The van der Waals surface area contributed by atoms with Gasteiger partial charge < -0.3 is 14.6 Å². The first-order valence-corrected chi connectivity index (χ1v) is 11.7. The van der Waals surface area contributed by atoms with Crippen LogP contribution in [0.5, 0.6) is 5.75 Å². The molecule has 0 fully saturated rings. The molecule has 1 aromatic heterocycles. The summed E-state index contributed by atoms with van der Waals surface area (Å²) >= 11 is 0. The highest BCUT2D eigenvalue weighted by atomic mass is 19.3. The Morgan fingerprint density at radius 2 is 2.17 bits per heavy atom. The standard InChI is InChI=1S/C26H27FN4O4/c1-16(2)33-23-12-9-17(14-18(23)15-28)26-30-25(31-35-26)21-7-5-6-20-19(21)10-11-22(20)29-13-4-3-8-24(32)34-27/h5-7,9,12,14,16,22,29H,3-4,8,10-11,13H2,1-2H3. The van der Waals surface area contributed by atoms with E-state index in [2.05, 4.69) is 32.5 Å². The normalized spacial score (nSPS) is 14.5. The number of halogens is 1. The summed E-state index contributed by atoms with van der Waals surface area (Å²) in [5, 5.41) is 17.2. The van der Waals surface area contributed by atoms with Crippen LogP contribution in [-0.4, -0.2) is 28.8 Å². The third-order valence-electron chi connectivity index (χ3n) is 5.93. The summed E-state index contributed by atoms with van der Waals surface area (Å²) in [7, 11) is 0. The van der Waals surface area contributed by atoms with Crippen molar-refractivity contribution in [2.24, 2.45) is 0 Å². The van der Waals surface area contributed by atoms with Crippen molar-refractivity contribution in [1.29, 1.82) is 5.26 Å². The maximum Gasteiger partial charge on any atom is 0.348 e. The van der Waals surface area contributed by atoms with Crippen molar-refractivity contribution in [1.82, 2.24) is 15.5 Å². The minimum atomic E-state index is -0.830. The lowest BCUT2D eigenvalue weighted by atomic mass is 10.0. The van der Waals surface area contributed by atoms with Gasteiger partial charge in [-0.05, 0) is 75.4 Å². The number of nitriles is 1. The highest BCUT2D eigenvalue weighted by Gasteiger charge is 2.26. The van der Waals surface area contributed by atoms with Crippen LogP contribution in [0.4, 0.5) is 4.53 Å². The Morgan fingerprint density at radius 1 is 1.31 bits per heavy atom. The van der Waals surface area contributed by atoms with Crippen LogP contribution in [0.2, 0.25) is 0 Å². The van der Waals surface area contributed by atoms with Crippen molar-refractivity contribution < 1.29 is 23.5 Å². The predicted molar refractivity (Wildman–Crippen MR) is 126 cm³/mol. The van der Waals surface area contributed by atoms with E-state index in [9.17, 15) is 14.6 Å². The van der Waals surface area contributed by atoms with Gasteiger partial charge in [0.25, 0.3) is 5.89 Å². The molecule has 1 N–H and O–H groups in total.